The van der Waals surface area contributed by atoms with Crippen molar-refractivity contribution < 1.29 is 23.5 Å². The van der Waals surface area contributed by atoms with Gasteiger partial charge in [-0.05, 0) is 0 Å². The van der Waals surface area contributed by atoms with Gasteiger partial charge in [-0.2, -0.15) is 4.62 Å². The summed E-state index contributed by atoms with van der Waals surface area (Å²) >= 11 is 0. The molecule has 1 rings (SSSR count). The Morgan fingerprint density at radius 3 is 2.57 bits per heavy atom. The van der Waals surface area contributed by atoms with Gasteiger partial charge in [0.05, 0.1) is 12.8 Å². The number of hydrogen-bond acceptors (Lipinski definition) is 4. The van der Waals surface area contributed by atoms with Crippen molar-refractivity contribution in [2.45, 2.75) is 0 Å². The molecule has 0 bridgehead atoms. The summed E-state index contributed by atoms with van der Waals surface area (Å²) < 4.78 is 25.3. The quantitative estimate of drug-likeness (QED) is 0.558. The molecule has 2 unspecified atom stereocenters. The van der Waals surface area contributed by atoms with Gasteiger partial charge < -0.3 is 14.7 Å². The molecule has 0 saturated carbocycles. The molecule has 0 amide bonds. The maximum atomic E-state index is 10.5. The van der Waals surface area contributed by atoms with E-state index < -0.39 is 16.3 Å². The summed E-state index contributed by atoms with van der Waals surface area (Å²) in [6.07, 6.45) is -0.129. The van der Waals surface area contributed by atoms with E-state index in [1.165, 1.54) is 4.90 Å². The van der Waals surface area contributed by atoms with Crippen molar-refractivity contribution in [1.29, 1.82) is 5.41 Å². The SMILES string of the molecule is N=C1N(C[PH](=O)O)CCN1O[PH](=O)O. The number of hydrogen-bond donors (Lipinski definition) is 3. The Morgan fingerprint density at radius 2 is 2.07 bits per heavy atom. The monoisotopic (exact) mass is 243 g/mol. The maximum Gasteiger partial charge on any atom is 0.337 e. The summed E-state index contributed by atoms with van der Waals surface area (Å²) in [5.41, 5.74) is 0. The molecule has 1 aliphatic rings. The van der Waals surface area contributed by atoms with Crippen LogP contribution >= 0.6 is 16.3 Å². The first-order valence-electron chi connectivity index (χ1n) is 3.74. The molecule has 1 saturated heterocycles. The third kappa shape index (κ3) is 3.08. The molecule has 0 aromatic heterocycles. The molecule has 0 aromatic carbocycles. The summed E-state index contributed by atoms with van der Waals surface area (Å²) in [6, 6.07) is 0. The van der Waals surface area contributed by atoms with E-state index in [-0.39, 0.29) is 18.8 Å². The van der Waals surface area contributed by atoms with Crippen LogP contribution in [-0.4, -0.2) is 45.1 Å². The van der Waals surface area contributed by atoms with Gasteiger partial charge >= 0.3 is 8.25 Å². The molecule has 1 heterocycles. The van der Waals surface area contributed by atoms with Crippen LogP contribution in [0.25, 0.3) is 0 Å². The van der Waals surface area contributed by atoms with Crippen LogP contribution in [0.4, 0.5) is 0 Å². The Bertz CT molecular complexity index is 258. The average Bonchev–Trinajstić information content (AvgIpc) is 2.34. The fourth-order valence-corrected chi connectivity index (χ4v) is 2.08. The first-order valence-corrected chi connectivity index (χ1v) is 6.57. The lowest BCUT2D eigenvalue weighted by Gasteiger charge is -2.18. The van der Waals surface area contributed by atoms with Crippen molar-refractivity contribution in [3.63, 3.8) is 0 Å². The van der Waals surface area contributed by atoms with Crippen LogP contribution in [0.3, 0.4) is 0 Å². The van der Waals surface area contributed by atoms with Crippen molar-refractivity contribution in [2.24, 2.45) is 0 Å². The van der Waals surface area contributed by atoms with Crippen LogP contribution in [0.15, 0.2) is 0 Å². The molecule has 1 fully saturated rings. The van der Waals surface area contributed by atoms with Crippen LogP contribution in [-0.2, 0) is 13.8 Å². The second kappa shape index (κ2) is 4.91. The highest BCUT2D eigenvalue weighted by Crippen LogP contribution is 2.24. The van der Waals surface area contributed by atoms with Crippen molar-refractivity contribution in [3.05, 3.63) is 0 Å². The average molecular weight is 243 g/mol. The number of guanidine groups is 1. The van der Waals surface area contributed by atoms with Gasteiger partial charge in [-0.3, -0.25) is 14.5 Å². The molecular formula is C4H11N3O5P2. The molecule has 1 aliphatic heterocycles. The molecule has 2 atom stereocenters. The molecule has 0 aliphatic carbocycles. The molecule has 0 spiro atoms. The number of rotatable bonds is 4. The Hall–Kier alpha value is -0.390. The zero-order valence-electron chi connectivity index (χ0n) is 7.13. The maximum absolute atomic E-state index is 10.5. The normalized spacial score (nSPS) is 21.4. The number of nitrogens with one attached hydrogen (secondary N) is 1. The van der Waals surface area contributed by atoms with Crippen LogP contribution in [0.1, 0.15) is 0 Å². The van der Waals surface area contributed by atoms with Gasteiger partial charge in [0.25, 0.3) is 0 Å². The number of hydroxylamine groups is 2. The fourth-order valence-electron chi connectivity index (χ4n) is 1.08. The van der Waals surface area contributed by atoms with Crippen molar-refractivity contribution in [2.75, 3.05) is 19.4 Å². The van der Waals surface area contributed by atoms with Gasteiger partial charge in [0, 0.05) is 6.54 Å². The van der Waals surface area contributed by atoms with E-state index >= 15 is 0 Å². The van der Waals surface area contributed by atoms with Gasteiger partial charge in [0.1, 0.15) is 0 Å². The molecule has 10 heteroatoms. The van der Waals surface area contributed by atoms with Crippen molar-refractivity contribution in [1.82, 2.24) is 9.96 Å². The van der Waals surface area contributed by atoms with Crippen molar-refractivity contribution >= 4 is 22.2 Å². The topological polar surface area (TPSA) is 114 Å². The van der Waals surface area contributed by atoms with Crippen LogP contribution in [0.2, 0.25) is 0 Å². The zero-order chi connectivity index (χ0) is 10.7. The Labute approximate surface area is 81.4 Å². The largest absolute Gasteiger partial charge is 0.345 e. The summed E-state index contributed by atoms with van der Waals surface area (Å²) in [4.78, 5) is 18.4. The minimum atomic E-state index is -3.13. The summed E-state index contributed by atoms with van der Waals surface area (Å²) in [5, 5.41) is 8.35. The molecular weight excluding hydrogens is 232 g/mol. The second-order valence-electron chi connectivity index (χ2n) is 2.60. The van der Waals surface area contributed by atoms with Gasteiger partial charge in [-0.1, -0.05) is 0 Å². The van der Waals surface area contributed by atoms with E-state index in [9.17, 15) is 9.13 Å². The Kier molecular flexibility index (Phi) is 4.10. The van der Waals surface area contributed by atoms with E-state index in [1.807, 2.05) is 0 Å². The highest BCUT2D eigenvalue weighted by molar-refractivity contribution is 7.37. The van der Waals surface area contributed by atoms with E-state index in [2.05, 4.69) is 4.62 Å². The van der Waals surface area contributed by atoms with Gasteiger partial charge in [0.15, 0.2) is 0 Å². The third-order valence-corrected chi connectivity index (χ3v) is 2.65. The van der Waals surface area contributed by atoms with Crippen LogP contribution in [0.5, 0.6) is 0 Å². The first-order chi connectivity index (χ1) is 6.50. The molecule has 0 aromatic rings. The molecule has 0 radical (unpaired) electrons. The van der Waals surface area contributed by atoms with E-state index in [1.54, 1.807) is 0 Å². The van der Waals surface area contributed by atoms with E-state index in [4.69, 9.17) is 15.2 Å². The Morgan fingerprint density at radius 1 is 1.43 bits per heavy atom. The zero-order valence-corrected chi connectivity index (χ0v) is 9.13. The standard InChI is InChI=1S/C4H11N3O5P2/c5-4-6(3-13(8)9)1-2-7(4)12-14(10)11/h5,13-14H,1-3H2,(H,8,9)(H,10,11). The van der Waals surface area contributed by atoms with E-state index in [0.29, 0.717) is 6.54 Å². The van der Waals surface area contributed by atoms with Crippen molar-refractivity contribution in [3.8, 4) is 0 Å². The molecule has 14 heavy (non-hydrogen) atoms. The minimum Gasteiger partial charge on any atom is -0.345 e. The van der Waals surface area contributed by atoms with Crippen LogP contribution < -0.4 is 0 Å². The lowest BCUT2D eigenvalue weighted by Crippen LogP contribution is -2.31. The van der Waals surface area contributed by atoms with E-state index in [0.717, 1.165) is 5.06 Å². The first kappa shape index (κ1) is 11.7. The third-order valence-electron chi connectivity index (χ3n) is 1.62. The predicted octanol–water partition coefficient (Wildman–Crippen LogP) is -0.723. The molecule has 82 valence electrons. The molecule has 8 nitrogen and oxygen atoms in total. The van der Waals surface area contributed by atoms with Gasteiger partial charge in [0.2, 0.25) is 14.0 Å². The number of nitrogens with zero attached hydrogens (tertiary/aromatic N) is 2. The predicted molar refractivity (Wildman–Crippen MR) is 49.5 cm³/mol. The summed E-state index contributed by atoms with van der Waals surface area (Å²) in [5.74, 6) is -0.162. The molecule has 3 N–H and O–H groups in total. The van der Waals surface area contributed by atoms with Gasteiger partial charge in [-0.15, -0.1) is 0 Å². The summed E-state index contributed by atoms with van der Waals surface area (Å²) in [6.45, 7) is 0.579. The minimum absolute atomic E-state index is 0.129. The van der Waals surface area contributed by atoms with Crippen LogP contribution in [0, 0.1) is 5.41 Å². The lowest BCUT2D eigenvalue weighted by atomic mass is 10.7. The second-order valence-corrected chi connectivity index (χ2v) is 4.42. The highest BCUT2D eigenvalue weighted by atomic mass is 31.1. The lowest BCUT2D eigenvalue weighted by molar-refractivity contribution is 0.0273. The van der Waals surface area contributed by atoms with Gasteiger partial charge in [-0.25, -0.2) is 5.06 Å². The smallest absolute Gasteiger partial charge is 0.337 e. The fraction of sp³-hybridized carbons (Fsp3) is 0.750. The Balaban J connectivity index is 2.51. The highest BCUT2D eigenvalue weighted by Gasteiger charge is 2.27. The summed E-state index contributed by atoms with van der Waals surface area (Å²) in [7, 11) is -5.81.